The molecule has 0 atom stereocenters. The van der Waals surface area contributed by atoms with Gasteiger partial charge in [-0.3, -0.25) is 0 Å². The summed E-state index contributed by atoms with van der Waals surface area (Å²) in [5.41, 5.74) is 6.06. The number of ether oxygens (including phenoxy) is 1. The summed E-state index contributed by atoms with van der Waals surface area (Å²) in [6.45, 7) is 0.556. The van der Waals surface area contributed by atoms with Gasteiger partial charge in [-0.15, -0.1) is 0 Å². The van der Waals surface area contributed by atoms with E-state index in [2.05, 4.69) is 4.72 Å². The first-order valence-electron chi connectivity index (χ1n) is 4.86. The van der Waals surface area contributed by atoms with Crippen LogP contribution in [-0.4, -0.2) is 33.7 Å². The van der Waals surface area contributed by atoms with E-state index in [0.717, 1.165) is 0 Å². The molecule has 0 aliphatic heterocycles. The summed E-state index contributed by atoms with van der Waals surface area (Å²) in [6.07, 6.45) is 0. The largest absolute Gasteiger partial charge is 0.389 e. The Labute approximate surface area is 106 Å². The number of thiocarbonyl (C=S) groups is 1. The van der Waals surface area contributed by atoms with Gasteiger partial charge >= 0.3 is 0 Å². The number of rotatable bonds is 6. The summed E-state index contributed by atoms with van der Waals surface area (Å²) in [6, 6.07) is 6.08. The van der Waals surface area contributed by atoms with E-state index in [9.17, 15) is 8.42 Å². The van der Waals surface area contributed by atoms with Crippen LogP contribution in [0.5, 0.6) is 0 Å². The van der Waals surface area contributed by atoms with E-state index in [1.807, 2.05) is 0 Å². The summed E-state index contributed by atoms with van der Waals surface area (Å²) in [7, 11) is -1.98. The molecule has 0 radical (unpaired) electrons. The van der Waals surface area contributed by atoms with Crippen LogP contribution in [0.2, 0.25) is 0 Å². The van der Waals surface area contributed by atoms with Crippen molar-refractivity contribution >= 4 is 27.2 Å². The SMILES string of the molecule is COCCNS(=O)(=O)c1ccc(C(N)=S)cc1. The molecular weight excluding hydrogens is 260 g/mol. The maximum absolute atomic E-state index is 11.8. The number of hydrogen-bond donors (Lipinski definition) is 2. The second-order valence-corrected chi connectivity index (χ2v) is 5.49. The molecule has 0 heterocycles. The number of sulfonamides is 1. The van der Waals surface area contributed by atoms with E-state index >= 15 is 0 Å². The maximum Gasteiger partial charge on any atom is 0.240 e. The number of nitrogens with one attached hydrogen (secondary N) is 1. The molecular formula is C10H14N2O3S2. The lowest BCUT2D eigenvalue weighted by molar-refractivity contribution is 0.204. The molecule has 0 bridgehead atoms. The van der Waals surface area contributed by atoms with Gasteiger partial charge in [-0.05, 0) is 12.1 Å². The van der Waals surface area contributed by atoms with Crippen LogP contribution in [0.3, 0.4) is 0 Å². The van der Waals surface area contributed by atoms with Gasteiger partial charge in [-0.2, -0.15) is 0 Å². The molecule has 1 aromatic carbocycles. The number of benzene rings is 1. The van der Waals surface area contributed by atoms with Gasteiger partial charge in [0.05, 0.1) is 11.5 Å². The number of nitrogens with two attached hydrogens (primary N) is 1. The minimum absolute atomic E-state index is 0.175. The standard InChI is InChI=1S/C10H14N2O3S2/c1-15-7-6-12-17(13,14)9-4-2-8(3-5-9)10(11)16/h2-5,12H,6-7H2,1H3,(H2,11,16). The van der Waals surface area contributed by atoms with Crippen LogP contribution in [0, 0.1) is 0 Å². The van der Waals surface area contributed by atoms with Gasteiger partial charge in [-0.25, -0.2) is 13.1 Å². The van der Waals surface area contributed by atoms with Crippen molar-refractivity contribution in [2.75, 3.05) is 20.3 Å². The molecule has 0 unspecified atom stereocenters. The Morgan fingerprint density at radius 1 is 1.41 bits per heavy atom. The van der Waals surface area contributed by atoms with E-state index in [1.54, 1.807) is 12.1 Å². The second-order valence-electron chi connectivity index (χ2n) is 3.28. The molecule has 0 aliphatic rings. The topological polar surface area (TPSA) is 81.4 Å². The number of hydrogen-bond acceptors (Lipinski definition) is 4. The Kier molecular flexibility index (Phi) is 5.01. The van der Waals surface area contributed by atoms with Crippen molar-refractivity contribution in [2.45, 2.75) is 4.90 Å². The first-order valence-corrected chi connectivity index (χ1v) is 6.75. The average molecular weight is 274 g/mol. The third-order valence-corrected chi connectivity index (χ3v) is 3.76. The van der Waals surface area contributed by atoms with E-state index in [4.69, 9.17) is 22.7 Å². The summed E-state index contributed by atoms with van der Waals surface area (Å²) >= 11 is 4.78. The lowest BCUT2D eigenvalue weighted by Crippen LogP contribution is -2.27. The molecule has 7 heteroatoms. The van der Waals surface area contributed by atoms with E-state index in [0.29, 0.717) is 12.2 Å². The minimum Gasteiger partial charge on any atom is -0.389 e. The van der Waals surface area contributed by atoms with Crippen LogP contribution < -0.4 is 10.5 Å². The molecule has 0 saturated heterocycles. The van der Waals surface area contributed by atoms with Crippen LogP contribution in [0.15, 0.2) is 29.2 Å². The monoisotopic (exact) mass is 274 g/mol. The minimum atomic E-state index is -3.49. The highest BCUT2D eigenvalue weighted by Gasteiger charge is 2.12. The summed E-state index contributed by atoms with van der Waals surface area (Å²) in [4.78, 5) is 0.412. The Morgan fingerprint density at radius 3 is 2.47 bits per heavy atom. The van der Waals surface area contributed by atoms with Crippen molar-refractivity contribution < 1.29 is 13.2 Å². The van der Waals surface area contributed by atoms with Crippen LogP contribution in [0.4, 0.5) is 0 Å². The first-order chi connectivity index (χ1) is 7.97. The van der Waals surface area contributed by atoms with Gasteiger partial charge < -0.3 is 10.5 Å². The third kappa shape index (κ3) is 4.04. The van der Waals surface area contributed by atoms with Crippen LogP contribution in [-0.2, 0) is 14.8 Å². The van der Waals surface area contributed by atoms with Crippen LogP contribution in [0.1, 0.15) is 5.56 Å². The third-order valence-electron chi connectivity index (χ3n) is 2.05. The van der Waals surface area contributed by atoms with Gasteiger partial charge in [0.1, 0.15) is 4.99 Å². The summed E-state index contributed by atoms with van der Waals surface area (Å²) < 4.78 is 30.7. The molecule has 0 fully saturated rings. The normalized spacial score (nSPS) is 11.4. The highest BCUT2D eigenvalue weighted by Crippen LogP contribution is 2.10. The van der Waals surface area contributed by atoms with Crippen molar-refractivity contribution in [3.05, 3.63) is 29.8 Å². The van der Waals surface area contributed by atoms with Gasteiger partial charge in [0.25, 0.3) is 0 Å². The summed E-state index contributed by atoms with van der Waals surface area (Å²) in [5, 5.41) is 0. The van der Waals surface area contributed by atoms with Crippen molar-refractivity contribution in [2.24, 2.45) is 5.73 Å². The quantitative estimate of drug-likeness (QED) is 0.574. The zero-order valence-electron chi connectivity index (χ0n) is 9.34. The molecule has 0 saturated carbocycles. The van der Waals surface area contributed by atoms with Crippen LogP contribution >= 0.6 is 12.2 Å². The lowest BCUT2D eigenvalue weighted by Gasteiger charge is -2.06. The van der Waals surface area contributed by atoms with E-state index in [-0.39, 0.29) is 16.4 Å². The Balaban J connectivity index is 2.81. The van der Waals surface area contributed by atoms with Gasteiger partial charge in [0.15, 0.2) is 0 Å². The highest BCUT2D eigenvalue weighted by molar-refractivity contribution is 7.89. The molecule has 5 nitrogen and oxygen atoms in total. The van der Waals surface area contributed by atoms with Gasteiger partial charge in [0.2, 0.25) is 10.0 Å². The molecule has 0 aromatic heterocycles. The molecule has 0 amide bonds. The Morgan fingerprint density at radius 2 is 2.00 bits per heavy atom. The zero-order chi connectivity index (χ0) is 12.9. The zero-order valence-corrected chi connectivity index (χ0v) is 11.0. The fourth-order valence-corrected chi connectivity index (χ4v) is 2.31. The lowest BCUT2D eigenvalue weighted by atomic mass is 10.2. The van der Waals surface area contributed by atoms with Crippen molar-refractivity contribution in [3.8, 4) is 0 Å². The van der Waals surface area contributed by atoms with E-state index < -0.39 is 10.0 Å². The predicted molar refractivity (Wildman–Crippen MR) is 69.4 cm³/mol. The number of methoxy groups -OCH3 is 1. The van der Waals surface area contributed by atoms with Gasteiger partial charge in [0, 0.05) is 19.2 Å². The molecule has 1 aromatic rings. The fourth-order valence-electron chi connectivity index (χ4n) is 1.16. The van der Waals surface area contributed by atoms with Crippen molar-refractivity contribution in [1.29, 1.82) is 0 Å². The predicted octanol–water partition coefficient (Wildman–Crippen LogP) is 0.245. The highest BCUT2D eigenvalue weighted by atomic mass is 32.2. The Bertz CT molecular complexity index is 483. The van der Waals surface area contributed by atoms with Crippen molar-refractivity contribution in [3.63, 3.8) is 0 Å². The van der Waals surface area contributed by atoms with E-state index in [1.165, 1.54) is 19.2 Å². The molecule has 0 spiro atoms. The molecule has 0 aliphatic carbocycles. The molecule has 3 N–H and O–H groups in total. The Hall–Kier alpha value is -1.02. The van der Waals surface area contributed by atoms with Crippen LogP contribution in [0.25, 0.3) is 0 Å². The van der Waals surface area contributed by atoms with Gasteiger partial charge in [-0.1, -0.05) is 24.4 Å². The summed E-state index contributed by atoms with van der Waals surface area (Å²) in [5.74, 6) is 0. The molecule has 94 valence electrons. The first kappa shape index (κ1) is 14.0. The van der Waals surface area contributed by atoms with Crippen molar-refractivity contribution in [1.82, 2.24) is 4.72 Å². The smallest absolute Gasteiger partial charge is 0.240 e. The fraction of sp³-hybridized carbons (Fsp3) is 0.300. The molecule has 17 heavy (non-hydrogen) atoms. The average Bonchev–Trinajstić information content (AvgIpc) is 2.29. The second kappa shape index (κ2) is 6.06. The molecule has 1 rings (SSSR count). The maximum atomic E-state index is 11.8.